The van der Waals surface area contributed by atoms with Crippen molar-refractivity contribution in [3.8, 4) is 0 Å². The number of pyridine rings is 1. The third kappa shape index (κ3) is 3.58. The lowest BCUT2D eigenvalue weighted by atomic mass is 10.0. The first-order valence-corrected chi connectivity index (χ1v) is 6.13. The Morgan fingerprint density at radius 2 is 2.21 bits per heavy atom. The molecule has 14 heavy (non-hydrogen) atoms. The van der Waals surface area contributed by atoms with E-state index >= 15 is 0 Å². The van der Waals surface area contributed by atoms with E-state index in [9.17, 15) is 0 Å². The van der Waals surface area contributed by atoms with Crippen LogP contribution in [0.2, 0.25) is 5.02 Å². The van der Waals surface area contributed by atoms with Crippen molar-refractivity contribution in [3.63, 3.8) is 0 Å². The van der Waals surface area contributed by atoms with Crippen LogP contribution in [0.25, 0.3) is 0 Å². The van der Waals surface area contributed by atoms with Crippen LogP contribution >= 0.6 is 27.5 Å². The van der Waals surface area contributed by atoms with Gasteiger partial charge < -0.3 is 0 Å². The van der Waals surface area contributed by atoms with Crippen LogP contribution in [0.4, 0.5) is 0 Å². The van der Waals surface area contributed by atoms with Crippen molar-refractivity contribution >= 4 is 27.5 Å². The van der Waals surface area contributed by atoms with E-state index in [0.717, 1.165) is 17.9 Å². The van der Waals surface area contributed by atoms with E-state index in [4.69, 9.17) is 11.6 Å². The Hall–Kier alpha value is -0.0800. The zero-order valence-corrected chi connectivity index (χ0v) is 10.8. The van der Waals surface area contributed by atoms with Gasteiger partial charge in [-0.15, -0.1) is 0 Å². The van der Waals surface area contributed by atoms with Crippen molar-refractivity contribution in [3.05, 3.63) is 29.0 Å². The highest BCUT2D eigenvalue weighted by atomic mass is 79.9. The minimum Gasteiger partial charge on any atom is -0.263 e. The Balaban J connectivity index is 2.50. The zero-order valence-electron chi connectivity index (χ0n) is 8.50. The molecular formula is C11H15BrClN. The molecule has 78 valence electrons. The number of halogens is 2. The molecule has 1 aromatic rings. The van der Waals surface area contributed by atoms with Crippen molar-refractivity contribution in [1.82, 2.24) is 4.98 Å². The molecule has 0 N–H and O–H groups in total. The maximum absolute atomic E-state index is 6.01. The molecule has 0 radical (unpaired) electrons. The van der Waals surface area contributed by atoms with Crippen molar-refractivity contribution < 1.29 is 0 Å². The highest BCUT2D eigenvalue weighted by Gasteiger charge is 2.09. The predicted octanol–water partition coefficient (Wildman–Crippen LogP) is 4.09. The quantitative estimate of drug-likeness (QED) is 0.755. The third-order valence-corrected chi connectivity index (χ3v) is 4.12. The van der Waals surface area contributed by atoms with Crippen LogP contribution in [-0.2, 0) is 6.42 Å². The second-order valence-electron chi connectivity index (χ2n) is 3.77. The lowest BCUT2D eigenvalue weighted by Crippen LogP contribution is -2.08. The Morgan fingerprint density at radius 1 is 1.50 bits per heavy atom. The van der Waals surface area contributed by atoms with Crippen molar-refractivity contribution in [1.29, 1.82) is 0 Å². The molecule has 1 heterocycles. The summed E-state index contributed by atoms with van der Waals surface area (Å²) in [6, 6.07) is 1.99. The van der Waals surface area contributed by atoms with Gasteiger partial charge in [-0.1, -0.05) is 41.4 Å². The van der Waals surface area contributed by atoms with Crippen molar-refractivity contribution in [2.24, 2.45) is 5.92 Å². The highest BCUT2D eigenvalue weighted by Crippen LogP contribution is 2.21. The van der Waals surface area contributed by atoms with Crippen LogP contribution in [0.1, 0.15) is 25.8 Å². The SMILES string of the molecule is CC(C)C(Br)CCc1ccncc1Cl. The summed E-state index contributed by atoms with van der Waals surface area (Å²) >= 11 is 9.67. The third-order valence-electron chi connectivity index (χ3n) is 2.27. The second-order valence-corrected chi connectivity index (χ2v) is 5.35. The van der Waals surface area contributed by atoms with E-state index in [1.165, 1.54) is 5.56 Å². The molecule has 1 rings (SSSR count). The van der Waals surface area contributed by atoms with Gasteiger partial charge in [0.05, 0.1) is 5.02 Å². The van der Waals surface area contributed by atoms with Crippen LogP contribution < -0.4 is 0 Å². The van der Waals surface area contributed by atoms with E-state index in [2.05, 4.69) is 34.8 Å². The summed E-state index contributed by atoms with van der Waals surface area (Å²) in [7, 11) is 0. The Kier molecular flexibility index (Phi) is 4.90. The minimum atomic E-state index is 0.562. The molecule has 0 saturated carbocycles. The van der Waals surface area contributed by atoms with E-state index in [1.807, 2.05) is 6.07 Å². The van der Waals surface area contributed by atoms with E-state index < -0.39 is 0 Å². The van der Waals surface area contributed by atoms with Gasteiger partial charge in [0.1, 0.15) is 0 Å². The molecule has 0 aliphatic heterocycles. The highest BCUT2D eigenvalue weighted by molar-refractivity contribution is 9.09. The molecule has 0 aromatic carbocycles. The van der Waals surface area contributed by atoms with Gasteiger partial charge in [0, 0.05) is 17.2 Å². The fourth-order valence-electron chi connectivity index (χ4n) is 1.23. The number of hydrogen-bond donors (Lipinski definition) is 0. The van der Waals surface area contributed by atoms with Crippen molar-refractivity contribution in [2.45, 2.75) is 31.5 Å². The first-order chi connectivity index (χ1) is 6.61. The summed E-state index contributed by atoms with van der Waals surface area (Å²) in [5, 5.41) is 0.774. The maximum Gasteiger partial charge on any atom is 0.0621 e. The number of hydrogen-bond acceptors (Lipinski definition) is 1. The van der Waals surface area contributed by atoms with Crippen LogP contribution in [0.3, 0.4) is 0 Å². The monoisotopic (exact) mass is 275 g/mol. The van der Waals surface area contributed by atoms with Crippen LogP contribution in [0.15, 0.2) is 18.5 Å². The van der Waals surface area contributed by atoms with Gasteiger partial charge in [-0.25, -0.2) is 0 Å². The fourth-order valence-corrected chi connectivity index (χ4v) is 1.68. The average Bonchev–Trinajstić information content (AvgIpc) is 2.16. The lowest BCUT2D eigenvalue weighted by molar-refractivity contribution is 0.581. The summed E-state index contributed by atoms with van der Waals surface area (Å²) < 4.78 is 0. The van der Waals surface area contributed by atoms with E-state index in [1.54, 1.807) is 12.4 Å². The fraction of sp³-hybridized carbons (Fsp3) is 0.545. The average molecular weight is 277 g/mol. The normalized spacial score (nSPS) is 13.2. The topological polar surface area (TPSA) is 12.9 Å². The zero-order chi connectivity index (χ0) is 10.6. The molecule has 0 saturated heterocycles. The number of aryl methyl sites for hydroxylation is 1. The molecule has 0 aliphatic carbocycles. The molecule has 0 spiro atoms. The van der Waals surface area contributed by atoms with Crippen LogP contribution in [0, 0.1) is 5.92 Å². The van der Waals surface area contributed by atoms with Gasteiger partial charge >= 0.3 is 0 Å². The standard InChI is InChI=1S/C11H15BrClN/c1-8(2)10(12)4-3-9-5-6-14-7-11(9)13/h5-8,10H,3-4H2,1-2H3. The summed E-state index contributed by atoms with van der Waals surface area (Å²) in [6.07, 6.45) is 5.62. The molecule has 0 bridgehead atoms. The molecule has 1 atom stereocenters. The first-order valence-electron chi connectivity index (χ1n) is 4.83. The molecule has 1 aromatic heterocycles. The largest absolute Gasteiger partial charge is 0.263 e. The van der Waals surface area contributed by atoms with Gasteiger partial charge in [-0.2, -0.15) is 0 Å². The van der Waals surface area contributed by atoms with Crippen LogP contribution in [-0.4, -0.2) is 9.81 Å². The number of aromatic nitrogens is 1. The summed E-state index contributed by atoms with van der Waals surface area (Å²) in [5.41, 5.74) is 1.19. The Morgan fingerprint density at radius 3 is 2.79 bits per heavy atom. The van der Waals surface area contributed by atoms with Gasteiger partial charge in [-0.3, -0.25) is 4.98 Å². The molecule has 0 amide bonds. The molecule has 0 aliphatic rings. The minimum absolute atomic E-state index is 0.562. The van der Waals surface area contributed by atoms with Gasteiger partial charge in [0.25, 0.3) is 0 Å². The Labute approximate surface area is 99.0 Å². The van der Waals surface area contributed by atoms with Crippen molar-refractivity contribution in [2.75, 3.05) is 0 Å². The molecule has 1 unspecified atom stereocenters. The van der Waals surface area contributed by atoms with Crippen LogP contribution in [0.5, 0.6) is 0 Å². The molecular weight excluding hydrogens is 261 g/mol. The van der Waals surface area contributed by atoms with Gasteiger partial charge in [0.15, 0.2) is 0 Å². The molecule has 0 fully saturated rings. The van der Waals surface area contributed by atoms with Gasteiger partial charge in [-0.05, 0) is 30.4 Å². The maximum atomic E-state index is 6.01. The lowest BCUT2D eigenvalue weighted by Gasteiger charge is -2.13. The first kappa shape index (κ1) is 12.0. The smallest absolute Gasteiger partial charge is 0.0621 e. The summed E-state index contributed by atoms with van der Waals surface area (Å²) in [4.78, 5) is 4.53. The molecule has 1 nitrogen and oxygen atoms in total. The second kappa shape index (κ2) is 5.72. The summed E-state index contributed by atoms with van der Waals surface area (Å²) in [6.45, 7) is 4.43. The van der Waals surface area contributed by atoms with E-state index in [0.29, 0.717) is 10.7 Å². The van der Waals surface area contributed by atoms with E-state index in [-0.39, 0.29) is 0 Å². The summed E-state index contributed by atoms with van der Waals surface area (Å²) in [5.74, 6) is 0.663. The molecule has 3 heteroatoms. The number of nitrogens with zero attached hydrogens (tertiary/aromatic N) is 1. The van der Waals surface area contributed by atoms with Gasteiger partial charge in [0.2, 0.25) is 0 Å². The Bertz CT molecular complexity index is 288. The number of alkyl halides is 1. The predicted molar refractivity (Wildman–Crippen MR) is 65.1 cm³/mol. The number of rotatable bonds is 4.